The van der Waals surface area contributed by atoms with Crippen LogP contribution in [0, 0.1) is 13.8 Å². The first-order valence-corrected chi connectivity index (χ1v) is 7.17. The Labute approximate surface area is 118 Å². The first kappa shape index (κ1) is 13.1. The van der Waals surface area contributed by atoms with E-state index < -0.39 is 6.10 Å². The molecule has 4 heteroatoms. The monoisotopic (exact) mass is 330 g/mol. The van der Waals surface area contributed by atoms with Gasteiger partial charge in [-0.25, -0.2) is 0 Å². The van der Waals surface area contributed by atoms with E-state index >= 15 is 0 Å². The summed E-state index contributed by atoms with van der Waals surface area (Å²) < 4.78 is 1.06. The van der Waals surface area contributed by atoms with Crippen molar-refractivity contribution in [1.29, 1.82) is 0 Å². The number of aliphatic hydroxyl groups excluding tert-OH is 1. The smallest absolute Gasteiger partial charge is 0.113 e. The van der Waals surface area contributed by atoms with E-state index in [1.54, 1.807) is 11.3 Å². The van der Waals surface area contributed by atoms with Gasteiger partial charge in [0.05, 0.1) is 3.79 Å². The fourth-order valence-electron chi connectivity index (χ4n) is 1.56. The molecule has 1 aromatic heterocycles. The van der Waals surface area contributed by atoms with Crippen LogP contribution in [-0.4, -0.2) is 5.11 Å². The lowest BCUT2D eigenvalue weighted by Gasteiger charge is -2.10. The molecule has 0 aliphatic carbocycles. The fourth-order valence-corrected chi connectivity index (χ4v) is 3.34. The molecule has 1 nitrogen and oxygen atoms in total. The van der Waals surface area contributed by atoms with Crippen molar-refractivity contribution in [2.45, 2.75) is 20.0 Å². The number of hydrogen-bond acceptors (Lipinski definition) is 2. The predicted octanol–water partition coefficient (Wildman–Crippen LogP) is 4.86. The molecule has 0 spiro atoms. The minimum absolute atomic E-state index is 0.608. The van der Waals surface area contributed by atoms with E-state index in [-0.39, 0.29) is 0 Å². The van der Waals surface area contributed by atoms with E-state index in [4.69, 9.17) is 11.6 Å². The summed E-state index contributed by atoms with van der Waals surface area (Å²) in [4.78, 5) is 0.925. The number of thiophene rings is 1. The summed E-state index contributed by atoms with van der Waals surface area (Å²) in [6.45, 7) is 3.96. The molecular weight excluding hydrogens is 320 g/mol. The molecule has 0 amide bonds. The molecular formula is C13H12BrClOS. The lowest BCUT2D eigenvalue weighted by Crippen LogP contribution is -1.97. The standard InChI is InChI=1S/C13H12BrClOS/c1-7-3-4-9(6-10(7)15)12(16)11-5-8(2)13(14)17-11/h3-6,12,16H,1-2H3. The molecule has 0 bridgehead atoms. The average molecular weight is 332 g/mol. The van der Waals surface area contributed by atoms with Crippen LogP contribution in [0.5, 0.6) is 0 Å². The van der Waals surface area contributed by atoms with Crippen molar-refractivity contribution in [3.8, 4) is 0 Å². The van der Waals surface area contributed by atoms with Gasteiger partial charge in [-0.15, -0.1) is 11.3 Å². The van der Waals surface area contributed by atoms with Crippen LogP contribution in [0.2, 0.25) is 5.02 Å². The Balaban J connectivity index is 2.36. The topological polar surface area (TPSA) is 20.2 Å². The quantitative estimate of drug-likeness (QED) is 0.833. The molecule has 90 valence electrons. The Bertz CT molecular complexity index is 531. The summed E-state index contributed by atoms with van der Waals surface area (Å²) in [7, 11) is 0. The predicted molar refractivity (Wildman–Crippen MR) is 77.0 cm³/mol. The second-order valence-electron chi connectivity index (χ2n) is 4.02. The van der Waals surface area contributed by atoms with Gasteiger partial charge in [-0.3, -0.25) is 0 Å². The summed E-state index contributed by atoms with van der Waals surface area (Å²) >= 11 is 11.1. The lowest BCUT2D eigenvalue weighted by molar-refractivity contribution is 0.224. The van der Waals surface area contributed by atoms with Crippen LogP contribution in [0.4, 0.5) is 0 Å². The van der Waals surface area contributed by atoms with Crippen molar-refractivity contribution < 1.29 is 5.11 Å². The Morgan fingerprint density at radius 2 is 1.94 bits per heavy atom. The third-order valence-electron chi connectivity index (χ3n) is 2.66. The summed E-state index contributed by atoms with van der Waals surface area (Å²) in [6.07, 6.45) is -0.608. The fraction of sp³-hybridized carbons (Fsp3) is 0.231. The average Bonchev–Trinajstić information content (AvgIpc) is 2.62. The van der Waals surface area contributed by atoms with Crippen LogP contribution in [-0.2, 0) is 0 Å². The lowest BCUT2D eigenvalue weighted by atomic mass is 10.1. The minimum atomic E-state index is -0.608. The third kappa shape index (κ3) is 2.74. The van der Waals surface area contributed by atoms with Gasteiger partial charge < -0.3 is 5.11 Å². The number of aliphatic hydroxyl groups is 1. The van der Waals surface area contributed by atoms with Crippen molar-refractivity contribution in [3.05, 3.63) is 54.6 Å². The SMILES string of the molecule is Cc1ccc(C(O)c2cc(C)c(Br)s2)cc1Cl. The van der Waals surface area contributed by atoms with Gasteiger partial charge in [0.15, 0.2) is 0 Å². The Kier molecular flexibility index (Phi) is 3.93. The van der Waals surface area contributed by atoms with Crippen LogP contribution in [0.15, 0.2) is 28.1 Å². The second kappa shape index (κ2) is 5.11. The number of benzene rings is 1. The Hall–Kier alpha value is -0.350. The van der Waals surface area contributed by atoms with Gasteiger partial charge in [-0.05, 0) is 58.6 Å². The molecule has 0 saturated carbocycles. The van der Waals surface area contributed by atoms with Crippen LogP contribution in [0.3, 0.4) is 0 Å². The first-order valence-electron chi connectivity index (χ1n) is 5.19. The highest BCUT2D eigenvalue weighted by Gasteiger charge is 2.15. The molecule has 17 heavy (non-hydrogen) atoms. The zero-order valence-electron chi connectivity index (χ0n) is 9.50. The maximum Gasteiger partial charge on any atom is 0.113 e. The number of rotatable bonds is 2. The van der Waals surface area contributed by atoms with E-state index in [0.717, 1.165) is 25.4 Å². The normalized spacial score (nSPS) is 12.8. The minimum Gasteiger partial charge on any atom is -0.383 e. The largest absolute Gasteiger partial charge is 0.383 e. The Morgan fingerprint density at radius 1 is 1.24 bits per heavy atom. The van der Waals surface area contributed by atoms with Crippen molar-refractivity contribution in [2.75, 3.05) is 0 Å². The molecule has 0 aliphatic rings. The number of aryl methyl sites for hydroxylation is 2. The molecule has 2 aromatic rings. The Morgan fingerprint density at radius 3 is 2.47 bits per heavy atom. The second-order valence-corrected chi connectivity index (χ2v) is 6.83. The molecule has 2 rings (SSSR count). The van der Waals surface area contributed by atoms with Crippen LogP contribution < -0.4 is 0 Å². The van der Waals surface area contributed by atoms with E-state index in [9.17, 15) is 5.11 Å². The van der Waals surface area contributed by atoms with E-state index in [1.807, 2.05) is 38.1 Å². The highest BCUT2D eigenvalue weighted by Crippen LogP contribution is 2.35. The highest BCUT2D eigenvalue weighted by atomic mass is 79.9. The first-order chi connectivity index (χ1) is 7.99. The molecule has 1 heterocycles. The van der Waals surface area contributed by atoms with Crippen LogP contribution in [0.1, 0.15) is 27.7 Å². The van der Waals surface area contributed by atoms with Gasteiger partial charge in [0, 0.05) is 9.90 Å². The third-order valence-corrected chi connectivity index (χ3v) is 5.25. The van der Waals surface area contributed by atoms with Gasteiger partial charge >= 0.3 is 0 Å². The molecule has 0 saturated heterocycles. The molecule has 1 aromatic carbocycles. The van der Waals surface area contributed by atoms with Crippen molar-refractivity contribution in [3.63, 3.8) is 0 Å². The van der Waals surface area contributed by atoms with Gasteiger partial charge in [0.1, 0.15) is 6.10 Å². The maximum absolute atomic E-state index is 10.3. The van der Waals surface area contributed by atoms with Crippen molar-refractivity contribution in [2.24, 2.45) is 0 Å². The zero-order valence-corrected chi connectivity index (χ0v) is 12.7. The van der Waals surface area contributed by atoms with Crippen molar-refractivity contribution >= 4 is 38.9 Å². The van der Waals surface area contributed by atoms with E-state index in [1.165, 1.54) is 0 Å². The van der Waals surface area contributed by atoms with Gasteiger partial charge in [-0.2, -0.15) is 0 Å². The zero-order chi connectivity index (χ0) is 12.6. The number of hydrogen-bond donors (Lipinski definition) is 1. The molecule has 1 atom stereocenters. The number of halogens is 2. The highest BCUT2D eigenvalue weighted by molar-refractivity contribution is 9.11. The van der Waals surface area contributed by atoms with Gasteiger partial charge in [-0.1, -0.05) is 23.7 Å². The van der Waals surface area contributed by atoms with E-state index in [0.29, 0.717) is 5.02 Å². The van der Waals surface area contributed by atoms with Crippen molar-refractivity contribution in [1.82, 2.24) is 0 Å². The van der Waals surface area contributed by atoms with E-state index in [2.05, 4.69) is 15.9 Å². The molecule has 0 aliphatic heterocycles. The van der Waals surface area contributed by atoms with Crippen LogP contribution in [0.25, 0.3) is 0 Å². The molecule has 0 radical (unpaired) electrons. The van der Waals surface area contributed by atoms with Gasteiger partial charge in [0.25, 0.3) is 0 Å². The molecule has 1 N–H and O–H groups in total. The molecule has 0 fully saturated rings. The summed E-state index contributed by atoms with van der Waals surface area (Å²) in [5.41, 5.74) is 2.99. The summed E-state index contributed by atoms with van der Waals surface area (Å²) in [5.74, 6) is 0. The maximum atomic E-state index is 10.3. The van der Waals surface area contributed by atoms with Crippen LogP contribution >= 0.6 is 38.9 Å². The van der Waals surface area contributed by atoms with Gasteiger partial charge in [0.2, 0.25) is 0 Å². The summed E-state index contributed by atoms with van der Waals surface area (Å²) in [5, 5.41) is 11.0. The summed E-state index contributed by atoms with van der Waals surface area (Å²) in [6, 6.07) is 7.66. The molecule has 1 unspecified atom stereocenters.